The molecule has 0 aliphatic carbocycles. The van der Waals surface area contributed by atoms with Gasteiger partial charge in [0.15, 0.2) is 5.78 Å². The van der Waals surface area contributed by atoms with Crippen LogP contribution < -0.4 is 0 Å². The molecule has 0 heterocycles. The molecule has 3 nitrogen and oxygen atoms in total. The van der Waals surface area contributed by atoms with Crippen LogP contribution in [0.3, 0.4) is 0 Å². The van der Waals surface area contributed by atoms with Crippen LogP contribution >= 0.6 is 0 Å². The zero-order valence-corrected chi connectivity index (χ0v) is 9.61. The molecule has 0 bridgehead atoms. The van der Waals surface area contributed by atoms with Gasteiger partial charge in [0, 0.05) is 5.56 Å². The molecular formula is C13H13FO3. The zero-order valence-electron chi connectivity index (χ0n) is 9.61. The van der Waals surface area contributed by atoms with E-state index >= 15 is 0 Å². The van der Waals surface area contributed by atoms with Crippen LogP contribution in [0.2, 0.25) is 0 Å². The highest BCUT2D eigenvalue weighted by Crippen LogP contribution is 2.12. The predicted molar refractivity (Wildman–Crippen MR) is 61.3 cm³/mol. The molecule has 4 heteroatoms. The Morgan fingerprint density at radius 2 is 1.76 bits per heavy atom. The van der Waals surface area contributed by atoms with Gasteiger partial charge in [-0.3, -0.25) is 4.79 Å². The minimum atomic E-state index is -1.27. The minimum absolute atomic E-state index is 0.0505. The lowest BCUT2D eigenvalue weighted by Crippen LogP contribution is -2.13. The Hall–Kier alpha value is -1.97. The van der Waals surface area contributed by atoms with E-state index in [1.807, 2.05) is 0 Å². The van der Waals surface area contributed by atoms with E-state index in [-0.39, 0.29) is 17.1 Å². The van der Waals surface area contributed by atoms with Gasteiger partial charge in [-0.05, 0) is 30.2 Å². The number of carboxylic acids is 1. The van der Waals surface area contributed by atoms with Gasteiger partial charge in [-0.2, -0.15) is 0 Å². The second kappa shape index (κ2) is 5.39. The van der Waals surface area contributed by atoms with E-state index in [1.54, 1.807) is 13.8 Å². The van der Waals surface area contributed by atoms with Crippen molar-refractivity contribution in [2.45, 2.75) is 13.8 Å². The van der Waals surface area contributed by atoms with E-state index in [4.69, 9.17) is 5.11 Å². The van der Waals surface area contributed by atoms with Crippen molar-refractivity contribution in [1.29, 1.82) is 0 Å². The molecule has 0 aliphatic heterocycles. The maximum atomic E-state index is 12.7. The molecule has 1 rings (SSSR count). The topological polar surface area (TPSA) is 54.4 Å². The Morgan fingerprint density at radius 1 is 1.24 bits per heavy atom. The van der Waals surface area contributed by atoms with Crippen molar-refractivity contribution < 1.29 is 19.1 Å². The van der Waals surface area contributed by atoms with Crippen LogP contribution in [0.1, 0.15) is 24.2 Å². The number of hydrogen-bond acceptors (Lipinski definition) is 2. The summed E-state index contributed by atoms with van der Waals surface area (Å²) >= 11 is 0. The molecule has 1 N–H and O–H groups in total. The highest BCUT2D eigenvalue weighted by Gasteiger charge is 2.19. The third-order valence-electron chi connectivity index (χ3n) is 2.08. The molecule has 0 aliphatic rings. The lowest BCUT2D eigenvalue weighted by Gasteiger charge is -2.04. The van der Waals surface area contributed by atoms with E-state index in [1.165, 1.54) is 18.2 Å². The van der Waals surface area contributed by atoms with Crippen molar-refractivity contribution in [3.8, 4) is 0 Å². The molecule has 17 heavy (non-hydrogen) atoms. The number of carbonyl (C=O) groups is 2. The Bertz CT molecular complexity index is 458. The van der Waals surface area contributed by atoms with Gasteiger partial charge in [0.25, 0.3) is 0 Å². The number of benzene rings is 1. The van der Waals surface area contributed by atoms with Gasteiger partial charge in [-0.15, -0.1) is 0 Å². The fourth-order valence-corrected chi connectivity index (χ4v) is 1.33. The highest BCUT2D eigenvalue weighted by atomic mass is 19.1. The van der Waals surface area contributed by atoms with Crippen LogP contribution in [0.15, 0.2) is 35.9 Å². The van der Waals surface area contributed by atoms with Crippen LogP contribution in [-0.2, 0) is 4.79 Å². The fraction of sp³-hybridized carbons (Fsp3) is 0.231. The number of ketones is 1. The van der Waals surface area contributed by atoms with Crippen LogP contribution in [-0.4, -0.2) is 16.9 Å². The van der Waals surface area contributed by atoms with Crippen molar-refractivity contribution in [3.63, 3.8) is 0 Å². The average Bonchev–Trinajstić information content (AvgIpc) is 2.25. The fourth-order valence-electron chi connectivity index (χ4n) is 1.33. The summed E-state index contributed by atoms with van der Waals surface area (Å²) in [5, 5.41) is 8.95. The molecule has 0 saturated heterocycles. The number of halogens is 1. The summed E-state index contributed by atoms with van der Waals surface area (Å²) in [6, 6.07) is 4.80. The minimum Gasteiger partial charge on any atom is -0.478 e. The summed E-state index contributed by atoms with van der Waals surface area (Å²) < 4.78 is 12.7. The van der Waals surface area contributed by atoms with Crippen molar-refractivity contribution in [2.75, 3.05) is 0 Å². The van der Waals surface area contributed by atoms with Crippen LogP contribution in [0.5, 0.6) is 0 Å². The lowest BCUT2D eigenvalue weighted by molar-refractivity contribution is -0.132. The summed E-state index contributed by atoms with van der Waals surface area (Å²) in [6.07, 6.45) is 1.38. The van der Waals surface area contributed by atoms with E-state index < -0.39 is 17.6 Å². The predicted octanol–water partition coefficient (Wildman–Crippen LogP) is 2.68. The molecule has 0 saturated carbocycles. The highest BCUT2D eigenvalue weighted by molar-refractivity contribution is 6.23. The normalized spacial score (nSPS) is 11.6. The van der Waals surface area contributed by atoms with Crippen LogP contribution in [0.4, 0.5) is 4.39 Å². The smallest absolute Gasteiger partial charge is 0.339 e. The average molecular weight is 236 g/mol. The van der Waals surface area contributed by atoms with Gasteiger partial charge in [-0.1, -0.05) is 19.9 Å². The van der Waals surface area contributed by atoms with Crippen molar-refractivity contribution in [3.05, 3.63) is 47.3 Å². The Balaban J connectivity index is 3.09. The van der Waals surface area contributed by atoms with E-state index in [9.17, 15) is 14.0 Å². The molecule has 0 fully saturated rings. The summed E-state index contributed by atoms with van der Waals surface area (Å²) in [5.41, 5.74) is -0.118. The van der Waals surface area contributed by atoms with Gasteiger partial charge < -0.3 is 5.11 Å². The molecule has 0 spiro atoms. The molecule has 1 aromatic rings. The SMILES string of the molecule is CC(C)C=C(C(=O)O)C(=O)c1ccc(F)cc1. The molecule has 0 unspecified atom stereocenters. The first kappa shape index (κ1) is 13.1. The van der Waals surface area contributed by atoms with Gasteiger partial charge in [-0.25, -0.2) is 9.18 Å². The number of aliphatic carboxylic acids is 1. The van der Waals surface area contributed by atoms with Gasteiger partial charge >= 0.3 is 5.97 Å². The molecule has 0 aromatic heterocycles. The van der Waals surface area contributed by atoms with Crippen LogP contribution in [0, 0.1) is 11.7 Å². The second-order valence-electron chi connectivity index (χ2n) is 3.97. The molecule has 0 atom stereocenters. The maximum absolute atomic E-state index is 12.7. The number of carboxylic acid groups (broad SMARTS) is 1. The Kier molecular flexibility index (Phi) is 4.15. The first-order chi connectivity index (χ1) is 7.91. The number of carbonyl (C=O) groups excluding carboxylic acids is 1. The summed E-state index contributed by atoms with van der Waals surface area (Å²) in [6.45, 7) is 3.56. The van der Waals surface area contributed by atoms with E-state index in [0.29, 0.717) is 0 Å². The number of Topliss-reactive ketones (excluding diaryl/α,β-unsaturated/α-hetero) is 1. The third kappa shape index (κ3) is 3.52. The molecule has 0 amide bonds. The molecular weight excluding hydrogens is 223 g/mol. The monoisotopic (exact) mass is 236 g/mol. The van der Waals surface area contributed by atoms with Gasteiger partial charge in [0.1, 0.15) is 11.4 Å². The third-order valence-corrected chi connectivity index (χ3v) is 2.08. The quantitative estimate of drug-likeness (QED) is 0.378. The number of rotatable bonds is 4. The Morgan fingerprint density at radius 3 is 2.18 bits per heavy atom. The maximum Gasteiger partial charge on any atom is 0.339 e. The largest absolute Gasteiger partial charge is 0.478 e. The van der Waals surface area contributed by atoms with E-state index in [0.717, 1.165) is 12.1 Å². The number of hydrogen-bond donors (Lipinski definition) is 1. The van der Waals surface area contributed by atoms with Crippen LogP contribution in [0.25, 0.3) is 0 Å². The number of allylic oxidation sites excluding steroid dienone is 1. The summed E-state index contributed by atoms with van der Waals surface area (Å²) in [4.78, 5) is 22.8. The van der Waals surface area contributed by atoms with Crippen molar-refractivity contribution >= 4 is 11.8 Å². The first-order valence-electron chi connectivity index (χ1n) is 5.17. The Labute approximate surface area is 98.6 Å². The second-order valence-corrected chi connectivity index (χ2v) is 3.97. The zero-order chi connectivity index (χ0) is 13.0. The molecule has 90 valence electrons. The van der Waals surface area contributed by atoms with Gasteiger partial charge in [0.05, 0.1) is 0 Å². The molecule has 0 radical (unpaired) electrons. The standard InChI is InChI=1S/C13H13FO3/c1-8(2)7-11(13(16)17)12(15)9-3-5-10(14)6-4-9/h3-8H,1-2H3,(H,16,17). The van der Waals surface area contributed by atoms with Gasteiger partial charge in [0.2, 0.25) is 0 Å². The first-order valence-corrected chi connectivity index (χ1v) is 5.17. The van der Waals surface area contributed by atoms with Crippen molar-refractivity contribution in [2.24, 2.45) is 5.92 Å². The lowest BCUT2D eigenvalue weighted by atomic mass is 10.00. The van der Waals surface area contributed by atoms with Crippen molar-refractivity contribution in [1.82, 2.24) is 0 Å². The summed E-state index contributed by atoms with van der Waals surface area (Å²) in [7, 11) is 0. The molecule has 1 aromatic carbocycles. The summed E-state index contributed by atoms with van der Waals surface area (Å²) in [5.74, 6) is -2.39. The van der Waals surface area contributed by atoms with E-state index in [2.05, 4.69) is 0 Å².